The largest absolute Gasteiger partial charge is 0.369 e. The summed E-state index contributed by atoms with van der Waals surface area (Å²) >= 11 is 1.67. The molecule has 0 heterocycles. The molecule has 0 bridgehead atoms. The van der Waals surface area contributed by atoms with E-state index in [9.17, 15) is 0 Å². The lowest BCUT2D eigenvalue weighted by Gasteiger charge is -2.04. The summed E-state index contributed by atoms with van der Waals surface area (Å²) in [5.41, 5.74) is 11.4. The van der Waals surface area contributed by atoms with Crippen molar-refractivity contribution in [1.29, 1.82) is 0 Å². The van der Waals surface area contributed by atoms with Gasteiger partial charge in [-0.2, -0.15) is 5.10 Å². The van der Waals surface area contributed by atoms with Gasteiger partial charge in [-0.25, -0.2) is 0 Å². The minimum Gasteiger partial charge on any atom is -0.369 e. The maximum absolute atomic E-state index is 5.23. The van der Waals surface area contributed by atoms with Crippen molar-refractivity contribution < 1.29 is 0 Å². The summed E-state index contributed by atoms with van der Waals surface area (Å²) in [4.78, 5) is 2.27. The molecular weight excluding hydrogens is 256 g/mol. The van der Waals surface area contributed by atoms with Gasteiger partial charge < -0.3 is 11.5 Å². The first-order chi connectivity index (χ1) is 9.25. The average molecular weight is 270 g/mol. The molecule has 0 fully saturated rings. The number of nitrogens with two attached hydrogens (primary N) is 2. The summed E-state index contributed by atoms with van der Waals surface area (Å²) in [6, 6.07) is 18.1. The zero-order chi connectivity index (χ0) is 13.5. The fourth-order valence-electron chi connectivity index (χ4n) is 1.45. The van der Waals surface area contributed by atoms with E-state index in [-0.39, 0.29) is 5.96 Å². The van der Waals surface area contributed by atoms with E-state index in [0.29, 0.717) is 0 Å². The minimum absolute atomic E-state index is 0.0514. The number of benzene rings is 2. The molecule has 4 N–H and O–H groups in total. The summed E-state index contributed by atoms with van der Waals surface area (Å²) in [6.07, 6.45) is 1.64. The highest BCUT2D eigenvalue weighted by molar-refractivity contribution is 7.99. The van der Waals surface area contributed by atoms with Crippen molar-refractivity contribution in [1.82, 2.24) is 0 Å². The number of rotatable bonds is 4. The molecule has 96 valence electrons. The predicted octanol–water partition coefficient (Wildman–Crippen LogP) is 2.45. The molecule has 0 amide bonds. The van der Waals surface area contributed by atoms with Crippen LogP contribution in [0.2, 0.25) is 0 Å². The first kappa shape index (κ1) is 13.2. The van der Waals surface area contributed by atoms with Crippen LogP contribution >= 0.6 is 11.8 Å². The zero-order valence-electron chi connectivity index (χ0n) is 10.2. The predicted molar refractivity (Wildman–Crippen MR) is 80.4 cm³/mol. The molecule has 0 unspecified atom stereocenters. The fourth-order valence-corrected chi connectivity index (χ4v) is 2.39. The van der Waals surface area contributed by atoms with Crippen LogP contribution < -0.4 is 11.5 Å². The smallest absolute Gasteiger partial charge is 0.211 e. The van der Waals surface area contributed by atoms with Gasteiger partial charge in [-0.1, -0.05) is 48.2 Å². The topological polar surface area (TPSA) is 76.8 Å². The average Bonchev–Trinajstić information content (AvgIpc) is 2.41. The standard InChI is InChI=1S/C14H14N4S/c15-14(16)18-17-10-11-6-4-5-9-13(11)19-12-7-2-1-3-8-12/h1-10H,(H4,15,16,18). The van der Waals surface area contributed by atoms with Gasteiger partial charge in [-0.3, -0.25) is 0 Å². The lowest BCUT2D eigenvalue weighted by atomic mass is 10.2. The zero-order valence-corrected chi connectivity index (χ0v) is 11.0. The second-order valence-corrected chi connectivity index (χ2v) is 4.84. The Morgan fingerprint density at radius 1 is 0.947 bits per heavy atom. The minimum atomic E-state index is -0.0514. The molecule has 2 rings (SSSR count). The van der Waals surface area contributed by atoms with Crippen LogP contribution in [0.25, 0.3) is 0 Å². The van der Waals surface area contributed by atoms with E-state index >= 15 is 0 Å². The third kappa shape index (κ3) is 4.15. The molecule has 2 aromatic rings. The third-order valence-corrected chi connectivity index (χ3v) is 3.36. The van der Waals surface area contributed by atoms with Crippen LogP contribution in [0.3, 0.4) is 0 Å². The Kier molecular flexibility index (Phi) is 4.58. The number of hydrogen-bond donors (Lipinski definition) is 2. The normalized spacial score (nSPS) is 10.5. The first-order valence-corrected chi connectivity index (χ1v) is 6.51. The van der Waals surface area contributed by atoms with Crippen LogP contribution in [0, 0.1) is 0 Å². The number of hydrogen-bond acceptors (Lipinski definition) is 3. The van der Waals surface area contributed by atoms with Gasteiger partial charge in [-0.05, 0) is 18.2 Å². The number of guanidine groups is 1. The van der Waals surface area contributed by atoms with Crippen molar-refractivity contribution in [2.45, 2.75) is 9.79 Å². The maximum atomic E-state index is 5.23. The molecular formula is C14H14N4S. The molecule has 0 aliphatic rings. The molecule has 0 aromatic heterocycles. The highest BCUT2D eigenvalue weighted by Crippen LogP contribution is 2.29. The second-order valence-electron chi connectivity index (χ2n) is 3.72. The summed E-state index contributed by atoms with van der Waals surface area (Å²) < 4.78 is 0. The summed E-state index contributed by atoms with van der Waals surface area (Å²) in [5.74, 6) is -0.0514. The van der Waals surface area contributed by atoms with Crippen LogP contribution in [0.4, 0.5) is 0 Å². The Balaban J connectivity index is 2.21. The summed E-state index contributed by atoms with van der Waals surface area (Å²) in [6.45, 7) is 0. The van der Waals surface area contributed by atoms with Crippen LogP contribution in [0.15, 0.2) is 74.6 Å². The Bertz CT molecular complexity index is 589. The molecule has 2 aromatic carbocycles. The van der Waals surface area contributed by atoms with Gasteiger partial charge in [-0.15, -0.1) is 5.10 Å². The van der Waals surface area contributed by atoms with Crippen molar-refractivity contribution in [2.75, 3.05) is 0 Å². The second kappa shape index (κ2) is 6.61. The van der Waals surface area contributed by atoms with E-state index in [1.807, 2.05) is 42.5 Å². The highest BCUT2D eigenvalue weighted by atomic mass is 32.2. The van der Waals surface area contributed by atoms with Crippen molar-refractivity contribution in [2.24, 2.45) is 21.7 Å². The highest BCUT2D eigenvalue weighted by Gasteiger charge is 2.01. The van der Waals surface area contributed by atoms with Gasteiger partial charge in [0.25, 0.3) is 0 Å². The molecule has 0 radical (unpaired) electrons. The Hall–Kier alpha value is -2.27. The van der Waals surface area contributed by atoms with Gasteiger partial charge >= 0.3 is 0 Å². The van der Waals surface area contributed by atoms with Crippen LogP contribution in [-0.4, -0.2) is 12.2 Å². The van der Waals surface area contributed by atoms with E-state index in [4.69, 9.17) is 11.5 Å². The van der Waals surface area contributed by atoms with Crippen molar-refractivity contribution in [3.8, 4) is 0 Å². The van der Waals surface area contributed by atoms with Gasteiger partial charge in [0.2, 0.25) is 5.96 Å². The molecule has 0 aliphatic carbocycles. The van der Waals surface area contributed by atoms with E-state index in [1.165, 1.54) is 4.90 Å². The lowest BCUT2D eigenvalue weighted by molar-refractivity contribution is 1.21. The molecule has 0 saturated heterocycles. The Labute approximate surface area is 116 Å². The van der Waals surface area contributed by atoms with E-state index in [0.717, 1.165) is 10.5 Å². The van der Waals surface area contributed by atoms with Crippen molar-refractivity contribution in [3.63, 3.8) is 0 Å². The van der Waals surface area contributed by atoms with Crippen LogP contribution in [0.5, 0.6) is 0 Å². The maximum Gasteiger partial charge on any atom is 0.211 e. The molecule has 0 saturated carbocycles. The van der Waals surface area contributed by atoms with Crippen LogP contribution in [-0.2, 0) is 0 Å². The van der Waals surface area contributed by atoms with E-state index in [2.05, 4.69) is 22.3 Å². The number of nitrogens with zero attached hydrogens (tertiary/aromatic N) is 2. The molecule has 0 aliphatic heterocycles. The Morgan fingerprint density at radius 3 is 2.37 bits per heavy atom. The van der Waals surface area contributed by atoms with E-state index < -0.39 is 0 Å². The first-order valence-electron chi connectivity index (χ1n) is 5.69. The van der Waals surface area contributed by atoms with Gasteiger partial charge in [0, 0.05) is 15.4 Å². The van der Waals surface area contributed by atoms with Gasteiger partial charge in [0.15, 0.2) is 0 Å². The quantitative estimate of drug-likeness (QED) is 0.509. The Morgan fingerprint density at radius 2 is 1.63 bits per heavy atom. The monoisotopic (exact) mass is 270 g/mol. The molecule has 0 spiro atoms. The summed E-state index contributed by atoms with van der Waals surface area (Å²) in [5, 5.41) is 7.44. The fraction of sp³-hybridized carbons (Fsp3) is 0. The molecule has 5 heteroatoms. The van der Waals surface area contributed by atoms with Crippen molar-refractivity contribution in [3.05, 3.63) is 60.2 Å². The van der Waals surface area contributed by atoms with Gasteiger partial charge in [0.05, 0.1) is 6.21 Å². The van der Waals surface area contributed by atoms with Crippen molar-refractivity contribution >= 4 is 23.9 Å². The molecule has 19 heavy (non-hydrogen) atoms. The van der Waals surface area contributed by atoms with Gasteiger partial charge in [0.1, 0.15) is 0 Å². The molecule has 0 atom stereocenters. The SMILES string of the molecule is NC(N)=NN=Cc1ccccc1Sc1ccccc1. The van der Waals surface area contributed by atoms with Crippen LogP contribution in [0.1, 0.15) is 5.56 Å². The van der Waals surface area contributed by atoms with E-state index in [1.54, 1.807) is 18.0 Å². The molecule has 4 nitrogen and oxygen atoms in total. The summed E-state index contributed by atoms with van der Waals surface area (Å²) in [7, 11) is 0. The lowest BCUT2D eigenvalue weighted by Crippen LogP contribution is -2.21. The third-order valence-electron chi connectivity index (χ3n) is 2.26.